The quantitative estimate of drug-likeness (QED) is 0.462. The van der Waals surface area contributed by atoms with Crippen LogP contribution >= 0.6 is 0 Å². The molecule has 0 aromatic carbocycles. The molecule has 7 nitrogen and oxygen atoms in total. The molecule has 7 heteroatoms. The lowest BCUT2D eigenvalue weighted by Crippen LogP contribution is -2.61. The number of carbonyl (C=O) groups is 2. The zero-order valence-corrected chi connectivity index (χ0v) is 13.6. The van der Waals surface area contributed by atoms with Crippen LogP contribution in [0.5, 0.6) is 0 Å². The van der Waals surface area contributed by atoms with Crippen molar-refractivity contribution in [3.05, 3.63) is 11.6 Å². The predicted octanol–water partition coefficient (Wildman–Crippen LogP) is -0.393. The molecule has 0 radical (unpaired) electrons. The highest BCUT2D eigenvalue weighted by molar-refractivity contribution is 5.83. The molecule has 2 N–H and O–H groups in total. The van der Waals surface area contributed by atoms with E-state index in [4.69, 9.17) is 9.47 Å². The molecule has 2 saturated heterocycles. The number of cyclic esters (lactones) is 1. The summed E-state index contributed by atoms with van der Waals surface area (Å²) in [7, 11) is 0. The van der Waals surface area contributed by atoms with Crippen LogP contribution in [0.3, 0.4) is 0 Å². The van der Waals surface area contributed by atoms with Crippen molar-refractivity contribution in [2.75, 3.05) is 19.7 Å². The van der Waals surface area contributed by atoms with Gasteiger partial charge in [0.15, 0.2) is 5.60 Å². The van der Waals surface area contributed by atoms with E-state index in [1.165, 1.54) is 20.8 Å². The van der Waals surface area contributed by atoms with Crippen LogP contribution < -0.4 is 0 Å². The molecule has 5 atom stereocenters. The molecule has 0 unspecified atom stereocenters. The second-order valence-electron chi connectivity index (χ2n) is 7.00. The molecule has 128 valence electrons. The van der Waals surface area contributed by atoms with Crippen LogP contribution in [0.4, 0.5) is 0 Å². The Morgan fingerprint density at radius 2 is 2.00 bits per heavy atom. The van der Waals surface area contributed by atoms with E-state index in [1.807, 2.05) is 6.08 Å². The average molecular weight is 325 g/mol. The first-order chi connectivity index (χ1) is 10.7. The van der Waals surface area contributed by atoms with Gasteiger partial charge in [0.2, 0.25) is 0 Å². The molecular weight excluding hydrogens is 302 g/mol. The molecule has 3 aliphatic heterocycles. The lowest BCUT2D eigenvalue weighted by Gasteiger charge is -2.39. The van der Waals surface area contributed by atoms with Crippen LogP contribution in [-0.4, -0.2) is 70.1 Å². The van der Waals surface area contributed by atoms with Crippen molar-refractivity contribution in [1.29, 1.82) is 0 Å². The van der Waals surface area contributed by atoms with Gasteiger partial charge in [0.05, 0.1) is 12.0 Å². The van der Waals surface area contributed by atoms with E-state index in [0.717, 1.165) is 18.7 Å². The maximum Gasteiger partial charge on any atom is 0.341 e. The second kappa shape index (κ2) is 5.29. The Balaban J connectivity index is 1.97. The number of rotatable bonds is 0. The predicted molar refractivity (Wildman–Crippen MR) is 79.3 cm³/mol. The van der Waals surface area contributed by atoms with E-state index in [-0.39, 0.29) is 12.6 Å². The largest absolute Gasteiger partial charge is 0.461 e. The Bertz CT molecular complexity index is 567. The summed E-state index contributed by atoms with van der Waals surface area (Å²) >= 11 is 0. The van der Waals surface area contributed by atoms with Gasteiger partial charge in [0.25, 0.3) is 0 Å². The van der Waals surface area contributed by atoms with Crippen LogP contribution in [0, 0.1) is 5.92 Å². The second-order valence-corrected chi connectivity index (χ2v) is 7.00. The lowest BCUT2D eigenvalue weighted by molar-refractivity contribution is -0.208. The maximum atomic E-state index is 12.5. The number of hydrogen-bond donors (Lipinski definition) is 2. The van der Waals surface area contributed by atoms with Crippen LogP contribution in [0.15, 0.2) is 11.6 Å². The molecule has 0 bridgehead atoms. The Morgan fingerprint density at radius 3 is 2.70 bits per heavy atom. The number of esters is 2. The highest BCUT2D eigenvalue weighted by atomic mass is 16.6. The Hall–Kier alpha value is -1.44. The summed E-state index contributed by atoms with van der Waals surface area (Å²) in [6.45, 7) is 5.46. The lowest BCUT2D eigenvalue weighted by atomic mass is 9.76. The number of ether oxygens (including phenoxy) is 2. The molecule has 23 heavy (non-hydrogen) atoms. The highest BCUT2D eigenvalue weighted by Crippen LogP contribution is 2.37. The summed E-state index contributed by atoms with van der Waals surface area (Å²) in [6, 6.07) is -0.124. The summed E-state index contributed by atoms with van der Waals surface area (Å²) in [6.07, 6.45) is 2.22. The molecule has 0 aromatic heterocycles. The van der Waals surface area contributed by atoms with Gasteiger partial charge in [-0.15, -0.1) is 0 Å². The van der Waals surface area contributed by atoms with Crippen molar-refractivity contribution in [3.8, 4) is 0 Å². The summed E-state index contributed by atoms with van der Waals surface area (Å²) < 4.78 is 10.8. The van der Waals surface area contributed by atoms with Gasteiger partial charge in [0, 0.05) is 13.1 Å². The molecule has 0 saturated carbocycles. The van der Waals surface area contributed by atoms with Gasteiger partial charge in [-0.3, -0.25) is 9.69 Å². The zero-order chi connectivity index (χ0) is 17.0. The van der Waals surface area contributed by atoms with E-state index < -0.39 is 35.2 Å². The topological polar surface area (TPSA) is 96.3 Å². The Morgan fingerprint density at radius 1 is 1.30 bits per heavy atom. The first-order valence-corrected chi connectivity index (χ1v) is 7.91. The van der Waals surface area contributed by atoms with Crippen molar-refractivity contribution in [2.24, 2.45) is 5.92 Å². The van der Waals surface area contributed by atoms with E-state index in [0.29, 0.717) is 6.42 Å². The van der Waals surface area contributed by atoms with Crippen LogP contribution in [-0.2, 0) is 19.1 Å². The zero-order valence-electron chi connectivity index (χ0n) is 13.6. The van der Waals surface area contributed by atoms with Crippen LogP contribution in [0.25, 0.3) is 0 Å². The molecule has 3 rings (SSSR count). The van der Waals surface area contributed by atoms with Gasteiger partial charge in [0.1, 0.15) is 18.3 Å². The first kappa shape index (κ1) is 16.4. The third-order valence-corrected chi connectivity index (χ3v) is 5.63. The number of aliphatic hydroxyl groups is 2. The molecule has 3 heterocycles. The van der Waals surface area contributed by atoms with Gasteiger partial charge in [-0.2, -0.15) is 0 Å². The third kappa shape index (κ3) is 2.38. The molecule has 0 amide bonds. The molecule has 3 aliphatic rings. The van der Waals surface area contributed by atoms with E-state index in [9.17, 15) is 19.8 Å². The average Bonchev–Trinajstić information content (AvgIpc) is 3.06. The molecule has 0 aliphatic carbocycles. The number of hydrogen-bond acceptors (Lipinski definition) is 7. The van der Waals surface area contributed by atoms with Crippen molar-refractivity contribution in [3.63, 3.8) is 0 Å². The van der Waals surface area contributed by atoms with Crippen molar-refractivity contribution in [2.45, 2.75) is 50.5 Å². The normalized spacial score (nSPS) is 44.9. The van der Waals surface area contributed by atoms with E-state index in [1.54, 1.807) is 0 Å². The Labute approximate surface area is 134 Å². The highest BCUT2D eigenvalue weighted by Gasteiger charge is 2.56. The van der Waals surface area contributed by atoms with Crippen molar-refractivity contribution in [1.82, 2.24) is 4.90 Å². The van der Waals surface area contributed by atoms with Gasteiger partial charge in [-0.05, 0) is 32.8 Å². The monoisotopic (exact) mass is 325 g/mol. The van der Waals surface area contributed by atoms with Crippen LogP contribution in [0.1, 0.15) is 27.2 Å². The summed E-state index contributed by atoms with van der Waals surface area (Å²) in [4.78, 5) is 26.9. The fraction of sp³-hybridized carbons (Fsp3) is 0.750. The third-order valence-electron chi connectivity index (χ3n) is 5.63. The van der Waals surface area contributed by atoms with Gasteiger partial charge >= 0.3 is 11.9 Å². The fourth-order valence-electron chi connectivity index (χ4n) is 3.52. The molecule has 0 spiro atoms. The minimum absolute atomic E-state index is 0.108. The standard InChI is InChI=1S/C16H23NO6/c1-9-13(18)22-8-10-4-6-17-7-5-11(12(10)17)23-14(19)16(3,21)15(9,2)20/h4,9,11-12,20-21H,5-8H2,1-3H3/t9-,11+,12+,15-,16+/m1/s1. The van der Waals surface area contributed by atoms with Crippen molar-refractivity contribution >= 4 is 11.9 Å². The van der Waals surface area contributed by atoms with Crippen LogP contribution in [0.2, 0.25) is 0 Å². The van der Waals surface area contributed by atoms with Gasteiger partial charge in [-0.25, -0.2) is 4.79 Å². The SMILES string of the molecule is C[C@@H]1C(=O)OCC2=CCN3CC[C@H](OC(=O)[C@](C)(O)[C@]1(C)O)[C@H]23. The summed E-state index contributed by atoms with van der Waals surface area (Å²) in [5.41, 5.74) is -3.32. The smallest absolute Gasteiger partial charge is 0.341 e. The fourth-order valence-corrected chi connectivity index (χ4v) is 3.52. The van der Waals surface area contributed by atoms with Gasteiger partial charge < -0.3 is 19.7 Å². The molecule has 0 aromatic rings. The summed E-state index contributed by atoms with van der Waals surface area (Å²) in [5.74, 6) is -2.65. The molecule has 2 fully saturated rings. The minimum Gasteiger partial charge on any atom is -0.461 e. The van der Waals surface area contributed by atoms with E-state index in [2.05, 4.69) is 4.90 Å². The number of nitrogens with zero attached hydrogens (tertiary/aromatic N) is 1. The Kier molecular flexibility index (Phi) is 3.78. The van der Waals surface area contributed by atoms with E-state index >= 15 is 0 Å². The minimum atomic E-state index is -2.22. The summed E-state index contributed by atoms with van der Waals surface area (Å²) in [5, 5.41) is 21.2. The first-order valence-electron chi connectivity index (χ1n) is 7.91. The maximum absolute atomic E-state index is 12.5. The van der Waals surface area contributed by atoms with Gasteiger partial charge in [-0.1, -0.05) is 6.08 Å². The molecular formula is C16H23NO6. The van der Waals surface area contributed by atoms with Crippen molar-refractivity contribution < 1.29 is 29.3 Å². The number of carbonyl (C=O) groups excluding carboxylic acids is 2.